The maximum Gasteiger partial charge on any atom is 0.158 e. The van der Waals surface area contributed by atoms with Crippen LogP contribution in [0.25, 0.3) is 0 Å². The van der Waals surface area contributed by atoms with Crippen LogP contribution in [-0.4, -0.2) is 63.3 Å². The van der Waals surface area contributed by atoms with Gasteiger partial charge in [-0.15, -0.1) is 0 Å². The van der Waals surface area contributed by atoms with E-state index in [-0.39, 0.29) is 6.29 Å². The third-order valence-electron chi connectivity index (χ3n) is 4.26. The van der Waals surface area contributed by atoms with Gasteiger partial charge in [-0.2, -0.15) is 0 Å². The number of hydrogen-bond acceptors (Lipinski definition) is 5. The van der Waals surface area contributed by atoms with Gasteiger partial charge < -0.3 is 19.9 Å². The first-order valence-corrected chi connectivity index (χ1v) is 6.93. The lowest BCUT2D eigenvalue weighted by atomic mass is 10.0. The lowest BCUT2D eigenvalue weighted by molar-refractivity contribution is -0.130. The molecule has 1 saturated carbocycles. The van der Waals surface area contributed by atoms with Crippen LogP contribution >= 0.6 is 0 Å². The van der Waals surface area contributed by atoms with Crippen molar-refractivity contribution in [2.75, 3.05) is 33.9 Å². The van der Waals surface area contributed by atoms with Gasteiger partial charge in [0.15, 0.2) is 6.29 Å². The Morgan fingerprint density at radius 1 is 1.33 bits per heavy atom. The number of hydrogen-bond donors (Lipinski definition) is 1. The summed E-state index contributed by atoms with van der Waals surface area (Å²) in [4.78, 5) is 2.52. The lowest BCUT2D eigenvalue weighted by Crippen LogP contribution is -2.56. The molecule has 1 heterocycles. The maximum absolute atomic E-state index is 5.95. The minimum atomic E-state index is -0.166. The van der Waals surface area contributed by atoms with Gasteiger partial charge in [0.2, 0.25) is 0 Å². The number of nitrogens with zero attached hydrogens (tertiary/aromatic N) is 1. The molecule has 0 aromatic heterocycles. The molecule has 2 aliphatic rings. The average molecular weight is 258 g/mol. The molecule has 5 nitrogen and oxygen atoms in total. The van der Waals surface area contributed by atoms with Crippen LogP contribution in [-0.2, 0) is 14.2 Å². The monoisotopic (exact) mass is 258 g/mol. The minimum absolute atomic E-state index is 0.166. The first-order valence-electron chi connectivity index (χ1n) is 6.93. The van der Waals surface area contributed by atoms with Gasteiger partial charge in [0, 0.05) is 45.8 Å². The molecule has 0 amide bonds. The first kappa shape index (κ1) is 14.2. The Bertz CT molecular complexity index is 248. The summed E-state index contributed by atoms with van der Waals surface area (Å²) in [6.45, 7) is 2.44. The Kier molecular flexibility index (Phi) is 5.38. The summed E-state index contributed by atoms with van der Waals surface area (Å²) in [5, 5.41) is 0. The fourth-order valence-electron chi connectivity index (χ4n) is 3.29. The van der Waals surface area contributed by atoms with Gasteiger partial charge in [-0.05, 0) is 19.3 Å². The van der Waals surface area contributed by atoms with Crippen LogP contribution in [0.4, 0.5) is 0 Å². The summed E-state index contributed by atoms with van der Waals surface area (Å²) in [6, 6.07) is 0.867. The van der Waals surface area contributed by atoms with Gasteiger partial charge in [0.05, 0.1) is 12.7 Å². The fraction of sp³-hybridized carbons (Fsp3) is 1.00. The predicted molar refractivity (Wildman–Crippen MR) is 69.4 cm³/mol. The topological polar surface area (TPSA) is 57.0 Å². The van der Waals surface area contributed by atoms with E-state index in [2.05, 4.69) is 4.90 Å². The highest BCUT2D eigenvalue weighted by molar-refractivity contribution is 4.92. The van der Waals surface area contributed by atoms with Crippen LogP contribution in [0.15, 0.2) is 0 Å². The van der Waals surface area contributed by atoms with Crippen LogP contribution in [0.3, 0.4) is 0 Å². The molecular weight excluding hydrogens is 232 g/mol. The van der Waals surface area contributed by atoms with E-state index in [1.54, 1.807) is 14.2 Å². The van der Waals surface area contributed by atoms with Crippen molar-refractivity contribution in [2.45, 2.75) is 50.2 Å². The molecule has 18 heavy (non-hydrogen) atoms. The van der Waals surface area contributed by atoms with Crippen molar-refractivity contribution in [3.8, 4) is 0 Å². The summed E-state index contributed by atoms with van der Waals surface area (Å²) in [6.07, 6.45) is 4.76. The average Bonchev–Trinajstić information content (AvgIpc) is 2.89. The van der Waals surface area contributed by atoms with Gasteiger partial charge in [0.25, 0.3) is 0 Å². The molecule has 0 aromatic carbocycles. The predicted octanol–water partition coefficient (Wildman–Crippen LogP) is 0.576. The number of morpholine rings is 1. The van der Waals surface area contributed by atoms with E-state index in [0.29, 0.717) is 24.7 Å². The SMILES string of the molecule is COC(CC(CN)N1CCOC2CCCC21)OC. The quantitative estimate of drug-likeness (QED) is 0.706. The smallest absolute Gasteiger partial charge is 0.158 e. The number of rotatable bonds is 6. The summed E-state index contributed by atoms with van der Waals surface area (Å²) >= 11 is 0. The molecule has 1 aliphatic heterocycles. The van der Waals surface area contributed by atoms with Crippen LogP contribution < -0.4 is 5.73 Å². The first-order chi connectivity index (χ1) is 8.80. The number of nitrogens with two attached hydrogens (primary N) is 1. The van der Waals surface area contributed by atoms with Crippen molar-refractivity contribution in [3.05, 3.63) is 0 Å². The summed E-state index contributed by atoms with van der Waals surface area (Å²) in [7, 11) is 3.36. The molecule has 2 rings (SSSR count). The Labute approximate surface area is 110 Å². The second-order valence-electron chi connectivity index (χ2n) is 5.17. The van der Waals surface area contributed by atoms with Crippen molar-refractivity contribution in [1.82, 2.24) is 4.90 Å². The van der Waals surface area contributed by atoms with E-state index in [1.165, 1.54) is 19.3 Å². The molecule has 0 aromatic rings. The van der Waals surface area contributed by atoms with Crippen molar-refractivity contribution >= 4 is 0 Å². The zero-order valence-corrected chi connectivity index (χ0v) is 11.5. The third-order valence-corrected chi connectivity index (χ3v) is 4.26. The van der Waals surface area contributed by atoms with Crippen LogP contribution in [0, 0.1) is 0 Å². The molecule has 3 unspecified atom stereocenters. The Morgan fingerprint density at radius 3 is 2.78 bits per heavy atom. The van der Waals surface area contributed by atoms with Crippen LogP contribution in [0.1, 0.15) is 25.7 Å². The zero-order valence-electron chi connectivity index (χ0n) is 11.5. The number of methoxy groups -OCH3 is 2. The molecule has 0 bridgehead atoms. The summed E-state index contributed by atoms with van der Waals surface area (Å²) in [5.74, 6) is 0. The normalized spacial score (nSPS) is 30.7. The van der Waals surface area contributed by atoms with E-state index < -0.39 is 0 Å². The van der Waals surface area contributed by atoms with Gasteiger partial charge in [0.1, 0.15) is 0 Å². The van der Waals surface area contributed by atoms with Crippen LogP contribution in [0.2, 0.25) is 0 Å². The molecule has 0 spiro atoms. The lowest BCUT2D eigenvalue weighted by Gasteiger charge is -2.42. The number of fused-ring (bicyclic) bond motifs is 1. The van der Waals surface area contributed by atoms with E-state index in [4.69, 9.17) is 19.9 Å². The van der Waals surface area contributed by atoms with Crippen molar-refractivity contribution in [3.63, 3.8) is 0 Å². The van der Waals surface area contributed by atoms with Gasteiger partial charge >= 0.3 is 0 Å². The maximum atomic E-state index is 5.95. The molecule has 2 fully saturated rings. The highest BCUT2D eigenvalue weighted by Gasteiger charge is 2.39. The van der Waals surface area contributed by atoms with Crippen molar-refractivity contribution < 1.29 is 14.2 Å². The van der Waals surface area contributed by atoms with Crippen molar-refractivity contribution in [1.29, 1.82) is 0 Å². The molecule has 0 radical (unpaired) electrons. The Balaban J connectivity index is 1.97. The van der Waals surface area contributed by atoms with Gasteiger partial charge in [-0.25, -0.2) is 0 Å². The molecule has 1 aliphatic carbocycles. The van der Waals surface area contributed by atoms with E-state index in [9.17, 15) is 0 Å². The third kappa shape index (κ3) is 3.03. The number of ether oxygens (including phenoxy) is 3. The van der Waals surface area contributed by atoms with E-state index >= 15 is 0 Å². The standard InChI is InChI=1S/C13H26N2O3/c1-16-13(17-2)8-10(9-14)15-6-7-18-12-5-3-4-11(12)15/h10-13H,3-9,14H2,1-2H3. The summed E-state index contributed by atoms with van der Waals surface area (Å²) in [5.41, 5.74) is 5.95. The van der Waals surface area contributed by atoms with Crippen molar-refractivity contribution in [2.24, 2.45) is 5.73 Å². The van der Waals surface area contributed by atoms with E-state index in [1.807, 2.05) is 0 Å². The Hall–Kier alpha value is -0.200. The Morgan fingerprint density at radius 2 is 2.11 bits per heavy atom. The minimum Gasteiger partial charge on any atom is -0.375 e. The van der Waals surface area contributed by atoms with Crippen LogP contribution in [0.5, 0.6) is 0 Å². The molecule has 3 atom stereocenters. The highest BCUT2D eigenvalue weighted by Crippen LogP contribution is 2.31. The largest absolute Gasteiger partial charge is 0.375 e. The highest BCUT2D eigenvalue weighted by atomic mass is 16.7. The molecule has 106 valence electrons. The molecule has 5 heteroatoms. The van der Waals surface area contributed by atoms with Gasteiger partial charge in [-0.1, -0.05) is 0 Å². The zero-order chi connectivity index (χ0) is 13.0. The second-order valence-corrected chi connectivity index (χ2v) is 5.17. The second kappa shape index (κ2) is 6.82. The molecule has 1 saturated heterocycles. The molecular formula is C13H26N2O3. The molecule has 2 N–H and O–H groups in total. The fourth-order valence-corrected chi connectivity index (χ4v) is 3.29. The summed E-state index contributed by atoms with van der Waals surface area (Å²) < 4.78 is 16.4. The van der Waals surface area contributed by atoms with Gasteiger partial charge in [-0.3, -0.25) is 4.90 Å². The van der Waals surface area contributed by atoms with E-state index in [0.717, 1.165) is 19.6 Å².